The SMILES string of the molecule is CC/C=C\C/C=C\C/C=C\C/C=C\C/C=C\C/C=C\CCC(=O)N(CCCN(CC)CC)C(CCCC(=O)OC(CCCCCCCC)CCCCCCCC)(CCCC(=O)OC(CCCCCCCC)CCCCCCCC)C(=O)NC12CC3CC4CC(C1)C43C2. The minimum absolute atomic E-state index is 0.0191. The van der Waals surface area contributed by atoms with Crippen LogP contribution in [0.25, 0.3) is 0 Å². The topological polar surface area (TPSA) is 105 Å². The van der Waals surface area contributed by atoms with Crippen LogP contribution in [-0.2, 0) is 28.7 Å². The predicted molar refractivity (Wildman–Crippen MR) is 391 cm³/mol. The Hall–Kier alpha value is -3.72. The van der Waals surface area contributed by atoms with E-state index in [1.165, 1.54) is 116 Å². The van der Waals surface area contributed by atoms with E-state index in [2.05, 4.69) is 132 Å². The molecule has 1 spiro atoms. The van der Waals surface area contributed by atoms with Crippen LogP contribution in [0.1, 0.15) is 357 Å². The number of hydrogen-bond acceptors (Lipinski definition) is 7. The minimum Gasteiger partial charge on any atom is -0.462 e. The summed E-state index contributed by atoms with van der Waals surface area (Å²) in [5.41, 5.74) is -1.14. The summed E-state index contributed by atoms with van der Waals surface area (Å²) in [6.07, 6.45) is 73.5. The molecule has 0 heterocycles. The van der Waals surface area contributed by atoms with Gasteiger partial charge in [0.15, 0.2) is 0 Å². The van der Waals surface area contributed by atoms with E-state index in [1.807, 2.05) is 4.90 Å². The highest BCUT2D eigenvalue weighted by Gasteiger charge is 2.78. The average molecular weight is 1280 g/mol. The van der Waals surface area contributed by atoms with Crippen molar-refractivity contribution in [2.45, 2.75) is 380 Å². The highest BCUT2D eigenvalue weighted by Crippen LogP contribution is 2.82. The zero-order chi connectivity index (χ0) is 66.2. The standard InChI is InChI=1S/C83H143N3O6/c1-8-15-20-25-30-31-32-33-34-35-36-37-38-39-40-41-42-47-52-60-77(87)86(66-55-65-85(13-6)14-7)82(80(90)84-81-69-73-67-72-68-74(70-81)83(72,73)71-81,63-53-61-78(88)91-75(56-48-43-26-21-16-9-2)57-49-44-27-22-17-10-3)64-54-62-79(89)92-76(58-50-45-28-23-18-11-4)59-51-46-29-24-19-12-5/h15,20,30-31,33-34,36-37,39-40,42,47,72-76H,8-14,16-19,21-29,32,35,38,41,43-46,48-71H2,1-7H3,(H,84,90)/b20-15-,31-30-,34-33-,37-36-,40-39-,47-42-. The third-order valence-corrected chi connectivity index (χ3v) is 21.9. The third-order valence-electron chi connectivity index (χ3n) is 21.9. The fraction of sp³-hybridized carbons (Fsp3) is 0.807. The van der Waals surface area contributed by atoms with Crippen LogP contribution in [0.2, 0.25) is 0 Å². The molecule has 0 aromatic carbocycles. The number of nitrogens with zero attached hydrogens (tertiary/aromatic N) is 2. The molecule has 4 rings (SSSR count). The maximum absolute atomic E-state index is 16.3. The van der Waals surface area contributed by atoms with Gasteiger partial charge < -0.3 is 24.6 Å². The lowest BCUT2D eigenvalue weighted by Gasteiger charge is -2.66. The predicted octanol–water partition coefficient (Wildman–Crippen LogP) is 22.6. The van der Waals surface area contributed by atoms with Gasteiger partial charge >= 0.3 is 11.9 Å². The molecular formula is C83H143N3O6. The molecule has 92 heavy (non-hydrogen) atoms. The van der Waals surface area contributed by atoms with Crippen LogP contribution in [0.4, 0.5) is 0 Å². The molecule has 0 radical (unpaired) electrons. The highest BCUT2D eigenvalue weighted by molar-refractivity contribution is 5.92. The van der Waals surface area contributed by atoms with Crippen molar-refractivity contribution in [2.75, 3.05) is 26.2 Å². The van der Waals surface area contributed by atoms with E-state index in [4.69, 9.17) is 9.47 Å². The van der Waals surface area contributed by atoms with E-state index in [0.29, 0.717) is 55.9 Å². The Bertz CT molecular complexity index is 2030. The molecular weight excluding hydrogens is 1130 g/mol. The van der Waals surface area contributed by atoms with Gasteiger partial charge in [0.05, 0.1) is 0 Å². The molecule has 4 aliphatic rings. The van der Waals surface area contributed by atoms with Gasteiger partial charge in [-0.15, -0.1) is 0 Å². The van der Waals surface area contributed by atoms with Gasteiger partial charge in [0.2, 0.25) is 11.8 Å². The Balaban J connectivity index is 1.62. The van der Waals surface area contributed by atoms with E-state index < -0.39 is 5.54 Å². The number of nitrogens with one attached hydrogen (secondary N) is 1. The maximum atomic E-state index is 16.3. The number of carbonyl (C=O) groups excluding carboxylic acids is 4. The molecule has 0 aromatic heterocycles. The molecule has 9 heteroatoms. The fourth-order valence-electron chi connectivity index (χ4n) is 16.5. The quantitative estimate of drug-likeness (QED) is 0.0367. The Morgan fingerprint density at radius 2 is 0.826 bits per heavy atom. The van der Waals surface area contributed by atoms with Crippen LogP contribution < -0.4 is 5.32 Å². The number of unbranched alkanes of at least 4 members (excludes halogenated alkanes) is 20. The molecule has 2 atom stereocenters. The number of carbonyl (C=O) groups is 4. The molecule has 1 N–H and O–H groups in total. The summed E-state index contributed by atoms with van der Waals surface area (Å²) in [5, 5.41) is 3.86. The Labute approximate surface area is 566 Å². The van der Waals surface area contributed by atoms with Crippen LogP contribution in [-0.4, -0.2) is 83.0 Å². The zero-order valence-electron chi connectivity index (χ0n) is 60.9. The first-order chi connectivity index (χ1) is 45.0. The summed E-state index contributed by atoms with van der Waals surface area (Å²) in [6, 6.07) is 0. The lowest BCUT2D eigenvalue weighted by Crippen LogP contribution is -2.65. The Morgan fingerprint density at radius 3 is 1.20 bits per heavy atom. The van der Waals surface area contributed by atoms with Crippen molar-refractivity contribution in [3.8, 4) is 0 Å². The van der Waals surface area contributed by atoms with Crippen molar-refractivity contribution in [1.82, 2.24) is 15.1 Å². The molecule has 2 amide bonds. The zero-order valence-corrected chi connectivity index (χ0v) is 60.9. The monoisotopic (exact) mass is 1280 g/mol. The van der Waals surface area contributed by atoms with Gasteiger partial charge in [-0.1, -0.05) is 250 Å². The van der Waals surface area contributed by atoms with Crippen LogP contribution in [0.3, 0.4) is 0 Å². The normalized spacial score (nSPS) is 20.2. The number of amides is 2. The van der Waals surface area contributed by atoms with Gasteiger partial charge in [-0.2, -0.15) is 0 Å². The number of allylic oxidation sites excluding steroid dienone is 12. The van der Waals surface area contributed by atoms with Gasteiger partial charge in [0.25, 0.3) is 0 Å². The summed E-state index contributed by atoms with van der Waals surface area (Å²) >= 11 is 0. The number of rotatable bonds is 61. The number of hydrogen-bond donors (Lipinski definition) is 1. The summed E-state index contributed by atoms with van der Waals surface area (Å²) in [6.45, 7) is 18.7. The van der Waals surface area contributed by atoms with E-state index in [0.717, 1.165) is 167 Å². The molecule has 4 fully saturated rings. The Kier molecular flexibility index (Phi) is 43.6. The molecule has 2 unspecified atom stereocenters. The molecule has 0 aromatic rings. The van der Waals surface area contributed by atoms with Crippen LogP contribution in [0.5, 0.6) is 0 Å². The van der Waals surface area contributed by atoms with Crippen LogP contribution in [0, 0.1) is 23.2 Å². The van der Waals surface area contributed by atoms with Crippen molar-refractivity contribution in [2.24, 2.45) is 23.2 Å². The fourth-order valence-corrected chi connectivity index (χ4v) is 16.5. The number of fused-ring (bicyclic) bond motifs is 1. The smallest absolute Gasteiger partial charge is 0.306 e. The third kappa shape index (κ3) is 30.1. The molecule has 0 saturated heterocycles. The second-order valence-electron chi connectivity index (χ2n) is 29.1. The lowest BCUT2D eigenvalue weighted by molar-refractivity contribution is -0.176. The van der Waals surface area contributed by atoms with Gasteiger partial charge in [0, 0.05) is 31.3 Å². The van der Waals surface area contributed by atoms with Crippen molar-refractivity contribution in [3.63, 3.8) is 0 Å². The van der Waals surface area contributed by atoms with E-state index in [-0.39, 0.29) is 60.8 Å². The van der Waals surface area contributed by atoms with Gasteiger partial charge in [0.1, 0.15) is 17.7 Å². The van der Waals surface area contributed by atoms with Crippen molar-refractivity contribution in [3.05, 3.63) is 72.9 Å². The second kappa shape index (κ2) is 49.8. The summed E-state index contributed by atoms with van der Waals surface area (Å²) in [7, 11) is 0. The summed E-state index contributed by atoms with van der Waals surface area (Å²) in [4.78, 5) is 65.0. The number of ether oxygens (including phenoxy) is 2. The van der Waals surface area contributed by atoms with Gasteiger partial charge in [-0.3, -0.25) is 19.2 Å². The molecule has 0 aliphatic heterocycles. The summed E-state index contributed by atoms with van der Waals surface area (Å²) < 4.78 is 13.0. The highest BCUT2D eigenvalue weighted by atomic mass is 16.5. The molecule has 2 bridgehead atoms. The van der Waals surface area contributed by atoms with Crippen molar-refractivity contribution in [1.29, 1.82) is 0 Å². The van der Waals surface area contributed by atoms with Crippen LogP contribution in [0.15, 0.2) is 72.9 Å². The maximum Gasteiger partial charge on any atom is 0.306 e. The van der Waals surface area contributed by atoms with E-state index >= 15 is 9.59 Å². The van der Waals surface area contributed by atoms with Crippen molar-refractivity contribution < 1.29 is 28.7 Å². The molecule has 4 saturated carbocycles. The largest absolute Gasteiger partial charge is 0.462 e. The molecule has 4 aliphatic carbocycles. The molecule has 9 nitrogen and oxygen atoms in total. The first kappa shape index (κ1) is 80.7. The first-order valence-corrected chi connectivity index (χ1v) is 39.6. The lowest BCUT2D eigenvalue weighted by atomic mass is 9.38. The van der Waals surface area contributed by atoms with Crippen LogP contribution >= 0.6 is 0 Å². The van der Waals surface area contributed by atoms with E-state index in [9.17, 15) is 9.59 Å². The first-order valence-electron chi connectivity index (χ1n) is 39.6. The van der Waals surface area contributed by atoms with Gasteiger partial charge in [-0.05, 0) is 203 Å². The second-order valence-corrected chi connectivity index (χ2v) is 29.1. The minimum atomic E-state index is -1.26. The van der Waals surface area contributed by atoms with E-state index in [1.54, 1.807) is 0 Å². The summed E-state index contributed by atoms with van der Waals surface area (Å²) in [5.74, 6) is 1.69. The Morgan fingerprint density at radius 1 is 0.446 bits per heavy atom. The molecule has 526 valence electrons. The number of esters is 2. The van der Waals surface area contributed by atoms with Gasteiger partial charge in [-0.25, -0.2) is 0 Å². The van der Waals surface area contributed by atoms with Crippen molar-refractivity contribution >= 4 is 23.8 Å². The average Bonchev–Trinajstić information content (AvgIpc) is 1.48.